The number of rotatable bonds is 1. The molecule has 1 N–H and O–H groups in total. The van der Waals surface area contributed by atoms with Crippen LogP contribution in [0.1, 0.15) is 39.0 Å². The number of carbonyl (C=O) groups is 1. The smallest absolute Gasteiger partial charge is 0.226 e. The van der Waals surface area contributed by atoms with Crippen LogP contribution in [0.25, 0.3) is 0 Å². The first-order chi connectivity index (χ1) is 8.77. The Kier molecular flexibility index (Phi) is 2.48. The molecule has 0 spiro atoms. The highest BCUT2D eigenvalue weighted by atomic mass is 16.2. The van der Waals surface area contributed by atoms with E-state index in [0.29, 0.717) is 23.9 Å². The molecule has 0 bridgehead atoms. The molecule has 2 saturated heterocycles. The van der Waals surface area contributed by atoms with E-state index in [-0.39, 0.29) is 0 Å². The number of fused-ring (bicyclic) bond motifs is 2. The molecule has 4 aliphatic rings. The van der Waals surface area contributed by atoms with Crippen LogP contribution in [-0.4, -0.2) is 36.0 Å². The lowest BCUT2D eigenvalue weighted by Gasteiger charge is -2.28. The van der Waals surface area contributed by atoms with Crippen molar-refractivity contribution in [1.82, 2.24) is 10.2 Å². The maximum absolute atomic E-state index is 12.8. The van der Waals surface area contributed by atoms with Gasteiger partial charge in [0.15, 0.2) is 0 Å². The van der Waals surface area contributed by atoms with Gasteiger partial charge in [-0.05, 0) is 43.9 Å². The van der Waals surface area contributed by atoms with Gasteiger partial charge in [0.2, 0.25) is 5.91 Å². The number of nitrogens with one attached hydrogen (secondary N) is 1. The molecule has 4 fully saturated rings. The van der Waals surface area contributed by atoms with Crippen LogP contribution in [0.3, 0.4) is 0 Å². The maximum Gasteiger partial charge on any atom is 0.226 e. The number of carbonyl (C=O) groups excluding carboxylic acids is 1. The summed E-state index contributed by atoms with van der Waals surface area (Å²) in [6.07, 6.45) is 6.55. The summed E-state index contributed by atoms with van der Waals surface area (Å²) in [5.41, 5.74) is 0. The quantitative estimate of drug-likeness (QED) is 0.765. The van der Waals surface area contributed by atoms with Crippen LogP contribution in [0, 0.1) is 23.7 Å². The minimum absolute atomic E-state index is 0.411. The third-order valence-corrected chi connectivity index (χ3v) is 5.98. The Balaban J connectivity index is 1.51. The molecule has 3 nitrogen and oxygen atoms in total. The van der Waals surface area contributed by atoms with Crippen LogP contribution in [0.5, 0.6) is 0 Å². The van der Waals surface area contributed by atoms with Gasteiger partial charge in [-0.25, -0.2) is 0 Å². The van der Waals surface area contributed by atoms with Crippen molar-refractivity contribution in [2.24, 2.45) is 23.7 Å². The first-order valence-electron chi connectivity index (χ1n) is 7.80. The van der Waals surface area contributed by atoms with Crippen molar-refractivity contribution in [2.45, 2.75) is 51.1 Å². The van der Waals surface area contributed by atoms with Crippen molar-refractivity contribution in [3.8, 4) is 0 Å². The van der Waals surface area contributed by atoms with Crippen LogP contribution in [0.4, 0.5) is 0 Å². The van der Waals surface area contributed by atoms with Gasteiger partial charge in [-0.15, -0.1) is 0 Å². The van der Waals surface area contributed by atoms with Crippen molar-refractivity contribution >= 4 is 5.91 Å². The molecule has 2 heterocycles. The summed E-state index contributed by atoms with van der Waals surface area (Å²) < 4.78 is 0. The van der Waals surface area contributed by atoms with E-state index in [4.69, 9.17) is 0 Å². The van der Waals surface area contributed by atoms with E-state index in [9.17, 15) is 4.79 Å². The van der Waals surface area contributed by atoms with E-state index in [1.807, 2.05) is 0 Å². The van der Waals surface area contributed by atoms with E-state index in [1.54, 1.807) is 0 Å². The molecule has 0 radical (unpaired) electrons. The fourth-order valence-electron chi connectivity index (χ4n) is 5.08. The summed E-state index contributed by atoms with van der Waals surface area (Å²) in [6.45, 7) is 4.40. The first-order valence-corrected chi connectivity index (χ1v) is 7.80. The zero-order valence-electron chi connectivity index (χ0n) is 11.3. The normalized spacial score (nSPS) is 49.9. The molecule has 2 aliphatic heterocycles. The highest BCUT2D eigenvalue weighted by Crippen LogP contribution is 2.56. The second-order valence-electron chi connectivity index (χ2n) is 6.95. The van der Waals surface area contributed by atoms with Gasteiger partial charge >= 0.3 is 0 Å². The Morgan fingerprint density at radius 2 is 1.89 bits per heavy atom. The van der Waals surface area contributed by atoms with E-state index in [1.165, 1.54) is 32.1 Å². The lowest BCUT2D eigenvalue weighted by atomic mass is 10.0. The average molecular weight is 248 g/mol. The monoisotopic (exact) mass is 248 g/mol. The van der Waals surface area contributed by atoms with Gasteiger partial charge in [0.05, 0.1) is 0 Å². The van der Waals surface area contributed by atoms with E-state index in [2.05, 4.69) is 17.1 Å². The van der Waals surface area contributed by atoms with Crippen molar-refractivity contribution in [3.63, 3.8) is 0 Å². The first kappa shape index (κ1) is 11.3. The van der Waals surface area contributed by atoms with Crippen LogP contribution in [0.2, 0.25) is 0 Å². The fraction of sp³-hybridized carbons (Fsp3) is 0.933. The van der Waals surface area contributed by atoms with E-state index < -0.39 is 0 Å². The number of amides is 1. The topological polar surface area (TPSA) is 32.3 Å². The van der Waals surface area contributed by atoms with Crippen LogP contribution >= 0.6 is 0 Å². The van der Waals surface area contributed by atoms with Gasteiger partial charge in [0.1, 0.15) is 0 Å². The minimum atomic E-state index is 0.411. The molecule has 0 aromatic carbocycles. The predicted molar refractivity (Wildman–Crippen MR) is 70.0 cm³/mol. The zero-order chi connectivity index (χ0) is 12.3. The third kappa shape index (κ3) is 1.49. The number of likely N-dealkylation sites (tertiary alicyclic amines) is 1. The summed E-state index contributed by atoms with van der Waals surface area (Å²) >= 11 is 0. The summed E-state index contributed by atoms with van der Waals surface area (Å²) in [4.78, 5) is 15.1. The van der Waals surface area contributed by atoms with Gasteiger partial charge in [0, 0.05) is 31.1 Å². The summed E-state index contributed by atoms with van der Waals surface area (Å²) in [7, 11) is 0. The summed E-state index contributed by atoms with van der Waals surface area (Å²) in [5.74, 6) is 3.16. The molecular weight excluding hydrogens is 224 g/mol. The Morgan fingerprint density at radius 1 is 1.17 bits per heavy atom. The molecule has 2 aliphatic carbocycles. The van der Waals surface area contributed by atoms with Crippen LogP contribution in [-0.2, 0) is 4.79 Å². The number of hydrogen-bond acceptors (Lipinski definition) is 2. The molecule has 100 valence electrons. The SMILES string of the molecule is CC1CC2CNCC2N1C(=O)C1C2CCCCC21. The van der Waals surface area contributed by atoms with Crippen molar-refractivity contribution < 1.29 is 4.79 Å². The van der Waals surface area contributed by atoms with Crippen LogP contribution < -0.4 is 5.32 Å². The van der Waals surface area contributed by atoms with Gasteiger partial charge in [-0.1, -0.05) is 12.8 Å². The minimum Gasteiger partial charge on any atom is -0.335 e. The third-order valence-electron chi connectivity index (χ3n) is 5.98. The zero-order valence-corrected chi connectivity index (χ0v) is 11.3. The molecule has 0 aromatic rings. The van der Waals surface area contributed by atoms with Gasteiger partial charge in [-0.3, -0.25) is 4.79 Å². The molecule has 4 rings (SSSR count). The Morgan fingerprint density at radius 3 is 2.61 bits per heavy atom. The van der Waals surface area contributed by atoms with Crippen molar-refractivity contribution in [1.29, 1.82) is 0 Å². The fourth-order valence-corrected chi connectivity index (χ4v) is 5.08. The van der Waals surface area contributed by atoms with Gasteiger partial charge in [0.25, 0.3) is 0 Å². The summed E-state index contributed by atoms with van der Waals surface area (Å²) in [5, 5.41) is 3.46. The lowest BCUT2D eigenvalue weighted by Crippen LogP contribution is -2.44. The number of hydrogen-bond donors (Lipinski definition) is 1. The maximum atomic E-state index is 12.8. The Bertz CT molecular complexity index is 358. The van der Waals surface area contributed by atoms with E-state index >= 15 is 0 Å². The van der Waals surface area contributed by atoms with Gasteiger partial charge in [-0.2, -0.15) is 0 Å². The van der Waals surface area contributed by atoms with E-state index in [0.717, 1.165) is 30.8 Å². The highest BCUT2D eigenvalue weighted by Gasteiger charge is 2.58. The van der Waals surface area contributed by atoms with Crippen molar-refractivity contribution in [2.75, 3.05) is 13.1 Å². The second-order valence-corrected chi connectivity index (χ2v) is 6.95. The molecule has 5 atom stereocenters. The molecule has 18 heavy (non-hydrogen) atoms. The second kappa shape index (κ2) is 3.96. The molecule has 2 saturated carbocycles. The van der Waals surface area contributed by atoms with Crippen LogP contribution in [0.15, 0.2) is 0 Å². The van der Waals surface area contributed by atoms with Crippen molar-refractivity contribution in [3.05, 3.63) is 0 Å². The Labute approximate surface area is 109 Å². The number of nitrogens with zero attached hydrogens (tertiary/aromatic N) is 1. The highest BCUT2D eigenvalue weighted by molar-refractivity contribution is 5.83. The molecule has 5 unspecified atom stereocenters. The lowest BCUT2D eigenvalue weighted by molar-refractivity contribution is -0.135. The largest absolute Gasteiger partial charge is 0.335 e. The molecule has 0 aromatic heterocycles. The molecular formula is C15H24N2O. The predicted octanol–water partition coefficient (Wildman–Crippen LogP) is 1.63. The van der Waals surface area contributed by atoms with Gasteiger partial charge < -0.3 is 10.2 Å². The Hall–Kier alpha value is -0.570. The average Bonchev–Trinajstić information content (AvgIpc) is 2.78. The molecule has 3 heteroatoms. The standard InChI is InChI=1S/C15H24N2O/c1-9-6-10-7-16-8-13(10)17(9)15(18)14-11-4-2-3-5-12(11)14/h9-14,16H,2-8H2,1H3. The summed E-state index contributed by atoms with van der Waals surface area (Å²) in [6, 6.07) is 0.993. The molecule has 1 amide bonds.